The van der Waals surface area contributed by atoms with Crippen LogP contribution in [-0.4, -0.2) is 109 Å². The van der Waals surface area contributed by atoms with Gasteiger partial charge in [0.1, 0.15) is 28.6 Å². The van der Waals surface area contributed by atoms with Crippen LogP contribution in [0.3, 0.4) is 0 Å². The second kappa shape index (κ2) is 12.8. The number of aromatic nitrogens is 3. The van der Waals surface area contributed by atoms with E-state index in [1.165, 1.54) is 24.3 Å². The molecule has 5 heterocycles. The zero-order chi connectivity index (χ0) is 33.6. The Balaban J connectivity index is 1.43. The van der Waals surface area contributed by atoms with Gasteiger partial charge in [0.15, 0.2) is 5.82 Å². The third-order valence-electron chi connectivity index (χ3n) is 9.90. The molecule has 13 heteroatoms. The van der Waals surface area contributed by atoms with E-state index < -0.39 is 17.2 Å². The molecule has 0 saturated carbocycles. The Labute approximate surface area is 277 Å². The van der Waals surface area contributed by atoms with Gasteiger partial charge in [-0.2, -0.15) is 4.98 Å². The molecule has 1 amide bonds. The van der Waals surface area contributed by atoms with E-state index in [2.05, 4.69) is 38.3 Å². The minimum atomic E-state index is -0.732. The van der Waals surface area contributed by atoms with Gasteiger partial charge in [-0.3, -0.25) is 14.7 Å². The SMILES string of the molecule is C#Cc1c(F)ccc2cc(O)cc(-c3ncc4c5nc(nc4c3F)N3CCN(C)[C@H](CNC(=O)CCOC[C@@]4(CC)CN5CCN4)C3)c12. The first-order valence-corrected chi connectivity index (χ1v) is 16.3. The third kappa shape index (κ3) is 5.74. The largest absolute Gasteiger partial charge is 0.508 e. The Hall–Kier alpha value is -4.64. The number of hydrogen-bond acceptors (Lipinski definition) is 10. The van der Waals surface area contributed by atoms with E-state index in [1.807, 2.05) is 11.9 Å². The van der Waals surface area contributed by atoms with Crippen LogP contribution in [0.25, 0.3) is 32.9 Å². The molecule has 0 spiro atoms. The number of carbonyl (C=O) groups excluding carboxylic acids is 1. The second-order valence-electron chi connectivity index (χ2n) is 12.9. The summed E-state index contributed by atoms with van der Waals surface area (Å²) in [5, 5.41) is 18.4. The molecule has 2 saturated heterocycles. The summed E-state index contributed by atoms with van der Waals surface area (Å²) in [5.74, 6) is 1.73. The van der Waals surface area contributed by atoms with Gasteiger partial charge >= 0.3 is 0 Å². The summed E-state index contributed by atoms with van der Waals surface area (Å²) in [6.45, 7) is 6.77. The molecule has 3 N–H and O–H groups in total. The highest BCUT2D eigenvalue weighted by atomic mass is 19.1. The van der Waals surface area contributed by atoms with Gasteiger partial charge in [0.2, 0.25) is 11.9 Å². The Morgan fingerprint density at radius 1 is 1.19 bits per heavy atom. The molecule has 7 rings (SSSR count). The number of rotatable bonds is 2. The number of halogens is 2. The maximum atomic E-state index is 17.0. The monoisotopic (exact) mass is 656 g/mol. The smallest absolute Gasteiger partial charge is 0.228 e. The zero-order valence-electron chi connectivity index (χ0n) is 27.0. The van der Waals surface area contributed by atoms with Crippen molar-refractivity contribution in [2.24, 2.45) is 0 Å². The number of terminal acetylenes is 1. The second-order valence-corrected chi connectivity index (χ2v) is 12.9. The highest BCUT2D eigenvalue weighted by molar-refractivity contribution is 6.03. The number of amides is 1. The fourth-order valence-corrected chi connectivity index (χ4v) is 7.03. The molecule has 2 fully saturated rings. The summed E-state index contributed by atoms with van der Waals surface area (Å²) in [6.07, 6.45) is 8.28. The van der Waals surface area contributed by atoms with E-state index in [1.54, 1.807) is 6.20 Å². The molecule has 2 atom stereocenters. The number of ether oxygens (including phenoxy) is 1. The molecule has 2 aromatic heterocycles. The van der Waals surface area contributed by atoms with E-state index >= 15 is 4.39 Å². The van der Waals surface area contributed by atoms with Gasteiger partial charge in [-0.05, 0) is 37.1 Å². The Bertz CT molecular complexity index is 1950. The number of benzene rings is 2. The number of nitrogens with one attached hydrogen (secondary N) is 2. The van der Waals surface area contributed by atoms with Crippen molar-refractivity contribution in [3.8, 4) is 29.4 Å². The van der Waals surface area contributed by atoms with Crippen molar-refractivity contribution < 1.29 is 23.4 Å². The molecule has 4 aromatic rings. The van der Waals surface area contributed by atoms with Crippen LogP contribution in [0.4, 0.5) is 20.5 Å². The fourth-order valence-electron chi connectivity index (χ4n) is 7.03. The van der Waals surface area contributed by atoms with Gasteiger partial charge < -0.3 is 30.3 Å². The molecule has 0 aliphatic carbocycles. The minimum absolute atomic E-state index is 0.0280. The highest BCUT2D eigenvalue weighted by Gasteiger charge is 2.37. The lowest BCUT2D eigenvalue weighted by molar-refractivity contribution is -0.122. The number of fused-ring (bicyclic) bond motifs is 11. The molecular formula is C35H38F2N8O3. The maximum absolute atomic E-state index is 17.0. The van der Waals surface area contributed by atoms with Crippen LogP contribution >= 0.6 is 0 Å². The molecule has 3 aliphatic rings. The number of nitrogens with zero attached hydrogens (tertiary/aromatic N) is 6. The number of pyridine rings is 1. The van der Waals surface area contributed by atoms with Crippen LogP contribution in [0.5, 0.6) is 5.75 Å². The minimum Gasteiger partial charge on any atom is -0.508 e. The zero-order valence-corrected chi connectivity index (χ0v) is 27.0. The number of hydrogen-bond donors (Lipinski definition) is 3. The number of aromatic hydroxyl groups is 1. The van der Waals surface area contributed by atoms with Crippen LogP contribution in [0, 0.1) is 24.0 Å². The molecule has 6 bridgehead atoms. The summed E-state index contributed by atoms with van der Waals surface area (Å²) in [5.41, 5.74) is -0.372. The lowest BCUT2D eigenvalue weighted by Crippen LogP contribution is -2.63. The summed E-state index contributed by atoms with van der Waals surface area (Å²) in [6, 6.07) is 5.49. The molecule has 2 aromatic carbocycles. The van der Waals surface area contributed by atoms with Crippen molar-refractivity contribution in [2.75, 3.05) is 75.9 Å². The summed E-state index contributed by atoms with van der Waals surface area (Å²) in [4.78, 5) is 33.4. The number of likely N-dealkylation sites (N-methyl/N-ethyl adjacent to an activating group) is 1. The van der Waals surface area contributed by atoms with Gasteiger partial charge in [0, 0.05) is 75.4 Å². The summed E-state index contributed by atoms with van der Waals surface area (Å²) < 4.78 is 38.0. The maximum Gasteiger partial charge on any atom is 0.228 e. The number of phenolic OH excluding ortho intramolecular Hbond substituents is 1. The topological polar surface area (TPSA) is 119 Å². The van der Waals surface area contributed by atoms with Crippen molar-refractivity contribution >= 4 is 39.3 Å². The van der Waals surface area contributed by atoms with Crippen LogP contribution < -0.4 is 20.4 Å². The third-order valence-corrected chi connectivity index (χ3v) is 9.90. The number of piperazine rings is 2. The standard InChI is InChI=1S/C35H38F2N8O3/c1-4-24-27(36)7-6-21-14-23(46)15-25(29(21)24)31-30(37)32-26(17-39-31)33-42-34(41-32)44-12-11-43(3)22(18-44)16-38-28(47)8-13-48-20-35(5-2)19-45(33)10-9-40-35/h1,6-7,14-15,17,22,40,46H,5,8-13,16,18-20H2,2-3H3,(H,38,47)/t22-,35-/m1/s1. The van der Waals surface area contributed by atoms with E-state index in [0.717, 1.165) is 6.42 Å². The lowest BCUT2D eigenvalue weighted by atomic mass is 9.93. The van der Waals surface area contributed by atoms with E-state index in [0.29, 0.717) is 81.6 Å². The molecule has 250 valence electrons. The fraction of sp³-hybridized carbons (Fsp3) is 0.429. The quantitative estimate of drug-likeness (QED) is 0.278. The molecule has 48 heavy (non-hydrogen) atoms. The summed E-state index contributed by atoms with van der Waals surface area (Å²) >= 11 is 0. The van der Waals surface area contributed by atoms with E-state index in [9.17, 15) is 14.3 Å². The first-order valence-electron chi connectivity index (χ1n) is 16.3. The molecule has 11 nitrogen and oxygen atoms in total. The van der Waals surface area contributed by atoms with Crippen LogP contribution in [0.2, 0.25) is 0 Å². The van der Waals surface area contributed by atoms with Crippen molar-refractivity contribution in [1.29, 1.82) is 0 Å². The van der Waals surface area contributed by atoms with Gasteiger partial charge in [-0.1, -0.05) is 18.9 Å². The van der Waals surface area contributed by atoms with Crippen LogP contribution in [0.15, 0.2) is 30.5 Å². The first-order chi connectivity index (χ1) is 23.2. The molecule has 3 aliphatic heterocycles. The number of phenols is 1. The van der Waals surface area contributed by atoms with Crippen molar-refractivity contribution in [3.63, 3.8) is 0 Å². The molecule has 0 unspecified atom stereocenters. The van der Waals surface area contributed by atoms with Crippen molar-refractivity contribution in [1.82, 2.24) is 30.5 Å². The first kappa shape index (κ1) is 31.9. The average molecular weight is 657 g/mol. The van der Waals surface area contributed by atoms with Gasteiger partial charge in [-0.25, -0.2) is 13.8 Å². The molecular weight excluding hydrogens is 618 g/mol. The van der Waals surface area contributed by atoms with Gasteiger partial charge in [0.25, 0.3) is 0 Å². The number of carbonyl (C=O) groups is 1. The van der Waals surface area contributed by atoms with Crippen LogP contribution in [0.1, 0.15) is 25.3 Å². The van der Waals surface area contributed by atoms with E-state index in [-0.39, 0.29) is 51.8 Å². The predicted octanol–water partition coefficient (Wildman–Crippen LogP) is 3.03. The van der Waals surface area contributed by atoms with E-state index in [4.69, 9.17) is 21.1 Å². The van der Waals surface area contributed by atoms with Gasteiger partial charge in [-0.15, -0.1) is 6.42 Å². The predicted molar refractivity (Wildman–Crippen MR) is 180 cm³/mol. The highest BCUT2D eigenvalue weighted by Crippen LogP contribution is 2.39. The lowest BCUT2D eigenvalue weighted by Gasteiger charge is -2.44. The Morgan fingerprint density at radius 2 is 2.04 bits per heavy atom. The van der Waals surface area contributed by atoms with Crippen LogP contribution in [-0.2, 0) is 9.53 Å². The molecule has 0 radical (unpaired) electrons. The normalized spacial score (nSPS) is 22.5. The van der Waals surface area contributed by atoms with Gasteiger partial charge in [0.05, 0.1) is 29.7 Å². The number of anilines is 2. The average Bonchev–Trinajstić information content (AvgIpc) is 3.09. The summed E-state index contributed by atoms with van der Waals surface area (Å²) in [7, 11) is 2.01. The van der Waals surface area contributed by atoms with Crippen molar-refractivity contribution in [2.45, 2.75) is 31.3 Å². The Kier molecular flexibility index (Phi) is 8.49. The van der Waals surface area contributed by atoms with Crippen molar-refractivity contribution in [3.05, 3.63) is 47.7 Å². The Morgan fingerprint density at radius 3 is 2.85 bits per heavy atom.